The molecule has 3 aromatic rings. The molecule has 0 saturated carbocycles. The Morgan fingerprint density at radius 1 is 0.966 bits per heavy atom. The van der Waals surface area contributed by atoms with E-state index in [4.69, 9.17) is 33.1 Å². The first kappa shape index (κ1) is 21.1. The lowest BCUT2D eigenvalue weighted by Gasteiger charge is -2.14. The summed E-state index contributed by atoms with van der Waals surface area (Å²) in [5, 5.41) is 9.04. The number of amides is 1. The topological polar surface area (TPSA) is 98.5 Å². The maximum atomic E-state index is 12.2. The van der Waals surface area contributed by atoms with Crippen LogP contribution in [0.15, 0.2) is 65.6 Å². The van der Waals surface area contributed by atoms with Crippen LogP contribution in [0.3, 0.4) is 0 Å². The summed E-state index contributed by atoms with van der Waals surface area (Å²) in [4.78, 5) is 11.3. The Bertz CT molecular complexity index is 1180. The van der Waals surface area contributed by atoms with E-state index in [-0.39, 0.29) is 16.6 Å². The number of anilines is 1. The molecule has 0 aliphatic rings. The summed E-state index contributed by atoms with van der Waals surface area (Å²) in [5.74, 6) is 0.179. The number of carbonyl (C=O) groups excluding carboxylic acids is 1. The fourth-order valence-corrected chi connectivity index (χ4v) is 3.65. The highest BCUT2D eigenvalue weighted by molar-refractivity contribution is 7.89. The second-order valence-corrected chi connectivity index (χ2v) is 8.54. The van der Waals surface area contributed by atoms with E-state index in [0.29, 0.717) is 32.6 Å². The van der Waals surface area contributed by atoms with E-state index in [9.17, 15) is 13.2 Å². The van der Waals surface area contributed by atoms with Gasteiger partial charge in [0, 0.05) is 28.2 Å². The summed E-state index contributed by atoms with van der Waals surface area (Å²) < 4.78 is 30.1. The molecule has 9 heteroatoms. The van der Waals surface area contributed by atoms with Crippen molar-refractivity contribution in [1.82, 2.24) is 0 Å². The lowest BCUT2D eigenvalue weighted by molar-refractivity contribution is -0.114. The third kappa shape index (κ3) is 5.27. The molecule has 3 N–H and O–H groups in total. The van der Waals surface area contributed by atoms with Crippen LogP contribution in [0, 0.1) is 0 Å². The minimum atomic E-state index is -4.11. The summed E-state index contributed by atoms with van der Waals surface area (Å²) in [6.45, 7) is 1.37. The minimum absolute atomic E-state index is 0.0571. The van der Waals surface area contributed by atoms with Crippen molar-refractivity contribution < 1.29 is 17.9 Å². The van der Waals surface area contributed by atoms with Gasteiger partial charge in [0.2, 0.25) is 15.9 Å². The molecule has 0 aliphatic carbocycles. The Morgan fingerprint density at radius 3 is 2.24 bits per heavy atom. The Kier molecular flexibility index (Phi) is 6.14. The maximum Gasteiger partial charge on any atom is 0.241 e. The number of hydrogen-bond acceptors (Lipinski definition) is 4. The van der Waals surface area contributed by atoms with E-state index in [0.717, 1.165) is 0 Å². The van der Waals surface area contributed by atoms with Gasteiger partial charge in [-0.1, -0.05) is 29.3 Å². The van der Waals surface area contributed by atoms with E-state index in [1.165, 1.54) is 19.1 Å². The van der Waals surface area contributed by atoms with Gasteiger partial charge >= 0.3 is 0 Å². The third-order valence-corrected chi connectivity index (χ3v) is 5.31. The van der Waals surface area contributed by atoms with Crippen molar-refractivity contribution in [2.75, 3.05) is 5.32 Å². The molecular formula is C20H16Cl2N2O4S. The van der Waals surface area contributed by atoms with Gasteiger partial charge in [0.1, 0.15) is 16.4 Å². The van der Waals surface area contributed by atoms with Gasteiger partial charge in [-0.25, -0.2) is 13.6 Å². The molecule has 0 atom stereocenters. The van der Waals surface area contributed by atoms with Crippen LogP contribution in [0.25, 0.3) is 11.1 Å². The van der Waals surface area contributed by atoms with Gasteiger partial charge < -0.3 is 10.1 Å². The number of hydrogen-bond donors (Lipinski definition) is 2. The fourth-order valence-electron chi connectivity index (χ4n) is 2.67. The van der Waals surface area contributed by atoms with E-state index < -0.39 is 10.0 Å². The lowest BCUT2D eigenvalue weighted by Crippen LogP contribution is -2.13. The molecule has 0 aliphatic heterocycles. The normalized spacial score (nSPS) is 11.2. The van der Waals surface area contributed by atoms with E-state index in [1.54, 1.807) is 48.5 Å². The van der Waals surface area contributed by atoms with Gasteiger partial charge in [0.25, 0.3) is 0 Å². The van der Waals surface area contributed by atoms with Gasteiger partial charge in [-0.15, -0.1) is 0 Å². The molecule has 0 spiro atoms. The highest BCUT2D eigenvalue weighted by Crippen LogP contribution is 2.36. The Morgan fingerprint density at radius 2 is 1.62 bits per heavy atom. The van der Waals surface area contributed by atoms with Crippen molar-refractivity contribution in [1.29, 1.82) is 0 Å². The van der Waals surface area contributed by atoms with Gasteiger partial charge in [-0.05, 0) is 60.2 Å². The number of benzene rings is 3. The molecule has 0 heterocycles. The van der Waals surface area contributed by atoms with Crippen LogP contribution >= 0.6 is 23.2 Å². The minimum Gasteiger partial charge on any atom is -0.456 e. The summed E-state index contributed by atoms with van der Waals surface area (Å²) in [5.41, 5.74) is 1.51. The average molecular weight is 451 g/mol. The number of carbonyl (C=O) groups is 1. The van der Waals surface area contributed by atoms with Crippen LogP contribution in [0.4, 0.5) is 5.69 Å². The molecular weight excluding hydrogens is 435 g/mol. The van der Waals surface area contributed by atoms with Crippen molar-refractivity contribution in [3.63, 3.8) is 0 Å². The zero-order chi connectivity index (χ0) is 21.2. The number of halogens is 2. The zero-order valence-corrected chi connectivity index (χ0v) is 17.5. The van der Waals surface area contributed by atoms with Crippen molar-refractivity contribution in [3.05, 3.63) is 70.7 Å². The van der Waals surface area contributed by atoms with Crippen molar-refractivity contribution >= 4 is 44.8 Å². The van der Waals surface area contributed by atoms with Crippen molar-refractivity contribution in [3.8, 4) is 22.6 Å². The second-order valence-electron chi connectivity index (χ2n) is 6.13. The molecule has 3 aromatic carbocycles. The molecule has 3 rings (SSSR count). The zero-order valence-electron chi connectivity index (χ0n) is 15.1. The van der Waals surface area contributed by atoms with Crippen LogP contribution in [-0.2, 0) is 14.8 Å². The number of nitrogens with two attached hydrogens (primary N) is 1. The second kappa shape index (κ2) is 8.42. The van der Waals surface area contributed by atoms with Crippen molar-refractivity contribution in [2.24, 2.45) is 5.14 Å². The molecule has 0 saturated heterocycles. The number of sulfonamides is 1. The molecule has 29 heavy (non-hydrogen) atoms. The first-order valence-electron chi connectivity index (χ1n) is 8.31. The number of rotatable bonds is 5. The predicted molar refractivity (Wildman–Crippen MR) is 114 cm³/mol. The molecule has 0 fully saturated rings. The summed E-state index contributed by atoms with van der Waals surface area (Å²) in [6, 6.07) is 15.8. The maximum absolute atomic E-state index is 12.2. The Balaban J connectivity index is 2.11. The molecule has 6 nitrogen and oxygen atoms in total. The number of ether oxygens (including phenoxy) is 1. The SMILES string of the molecule is CC(=O)Nc1ccc(Cl)cc1-c1ccc(Oc2ccc(Cl)cc2)c(S(N)(=O)=O)c1. The summed E-state index contributed by atoms with van der Waals surface area (Å²) in [7, 11) is -4.11. The molecule has 1 amide bonds. The first-order chi connectivity index (χ1) is 13.6. The summed E-state index contributed by atoms with van der Waals surface area (Å²) >= 11 is 12.0. The fraction of sp³-hybridized carbons (Fsp3) is 0.0500. The molecule has 0 bridgehead atoms. The van der Waals surface area contributed by atoms with Crippen LogP contribution < -0.4 is 15.2 Å². The largest absolute Gasteiger partial charge is 0.456 e. The standard InChI is InChI=1S/C20H16Cl2N2O4S/c1-12(25)24-18-8-5-15(22)11-17(18)13-2-9-19(20(10-13)29(23,26)27)28-16-6-3-14(21)4-7-16/h2-11H,1H3,(H,24,25)(H2,23,26,27). The molecule has 0 radical (unpaired) electrons. The quantitative estimate of drug-likeness (QED) is 0.567. The molecule has 150 valence electrons. The van der Waals surface area contributed by atoms with E-state index >= 15 is 0 Å². The van der Waals surface area contributed by atoms with E-state index in [1.807, 2.05) is 0 Å². The van der Waals surface area contributed by atoms with Crippen LogP contribution in [0.2, 0.25) is 10.0 Å². The number of nitrogens with one attached hydrogen (secondary N) is 1. The Hall–Kier alpha value is -2.58. The first-order valence-corrected chi connectivity index (χ1v) is 10.6. The monoisotopic (exact) mass is 450 g/mol. The molecule has 0 unspecified atom stereocenters. The third-order valence-electron chi connectivity index (χ3n) is 3.90. The van der Waals surface area contributed by atoms with Gasteiger partial charge in [-0.2, -0.15) is 0 Å². The highest BCUT2D eigenvalue weighted by Gasteiger charge is 2.19. The number of primary sulfonamides is 1. The predicted octanol–water partition coefficient (Wildman–Crippen LogP) is 5.06. The van der Waals surface area contributed by atoms with E-state index in [2.05, 4.69) is 5.32 Å². The Labute approximate surface area is 178 Å². The highest BCUT2D eigenvalue weighted by atomic mass is 35.5. The van der Waals surface area contributed by atoms with Crippen LogP contribution in [0.5, 0.6) is 11.5 Å². The smallest absolute Gasteiger partial charge is 0.241 e. The lowest BCUT2D eigenvalue weighted by atomic mass is 10.0. The van der Waals surface area contributed by atoms with Gasteiger partial charge in [0.05, 0.1) is 0 Å². The van der Waals surface area contributed by atoms with Gasteiger partial charge in [0.15, 0.2) is 0 Å². The van der Waals surface area contributed by atoms with Crippen LogP contribution in [0.1, 0.15) is 6.92 Å². The van der Waals surface area contributed by atoms with Gasteiger partial charge in [-0.3, -0.25) is 4.79 Å². The summed E-state index contributed by atoms with van der Waals surface area (Å²) in [6.07, 6.45) is 0. The average Bonchev–Trinajstić information content (AvgIpc) is 2.64. The van der Waals surface area contributed by atoms with Crippen LogP contribution in [-0.4, -0.2) is 14.3 Å². The molecule has 0 aromatic heterocycles. The van der Waals surface area contributed by atoms with Crippen molar-refractivity contribution in [2.45, 2.75) is 11.8 Å².